The molecule has 1 aromatic heterocycles. The van der Waals surface area contributed by atoms with Crippen LogP contribution in [-0.4, -0.2) is 109 Å². The molecule has 4 fully saturated rings. The standard InChI is InChI=1S/C38H50N6O9S/c1-23-7-4-5-8-25-20-29(25)40-34(46)38(35(47)42-54(50,51)37(3)12-13-37)21-26(22-44(38)33(45)31(24(2)19-23)41-36(48)49)53-32-28-9-6-10-30(27(28)11-14-39-32)43-15-17-52-18-16-43/h5-6,8-11,14,23-26,29,31,41H,4,7,12-13,15-22H2,1-3H3,(H,40,46)(H,42,47)(H,48,49)/b8-5-/t23-,24-,25-,26-,29-,31+,38+/m1/s1. The van der Waals surface area contributed by atoms with E-state index < -0.39 is 68.6 Å². The molecule has 0 radical (unpaired) electrons. The Kier molecular flexibility index (Phi) is 10.3. The highest BCUT2D eigenvalue weighted by molar-refractivity contribution is 7.91. The predicted molar refractivity (Wildman–Crippen MR) is 199 cm³/mol. The largest absolute Gasteiger partial charge is 0.472 e. The third-order valence-corrected chi connectivity index (χ3v) is 14.0. The van der Waals surface area contributed by atoms with Crippen molar-refractivity contribution >= 4 is 50.3 Å². The van der Waals surface area contributed by atoms with Gasteiger partial charge in [0.2, 0.25) is 27.3 Å². The van der Waals surface area contributed by atoms with Crippen LogP contribution in [0.25, 0.3) is 10.8 Å². The highest BCUT2D eigenvalue weighted by Gasteiger charge is 2.63. The molecule has 2 saturated heterocycles. The molecule has 7 atom stereocenters. The minimum Gasteiger partial charge on any atom is -0.472 e. The SMILES string of the molecule is C[C@@H]1CC/C=C\[C@@H]2C[C@H]2NC(=O)[C@]2(C(=O)NS(=O)(=O)C3(C)CC3)C[C@@H](Oc3nccc4c(N5CCOCC5)cccc34)CN2C(=O)[C@@H](NC(=O)O)[C@H](C)C1. The van der Waals surface area contributed by atoms with Crippen LogP contribution in [0, 0.1) is 17.8 Å². The molecule has 54 heavy (non-hydrogen) atoms. The maximum atomic E-state index is 14.9. The number of nitrogens with one attached hydrogen (secondary N) is 3. The molecule has 0 unspecified atom stereocenters. The van der Waals surface area contributed by atoms with Crippen molar-refractivity contribution < 1.29 is 42.2 Å². The van der Waals surface area contributed by atoms with E-state index in [1.807, 2.05) is 37.3 Å². The Morgan fingerprint density at radius 2 is 1.85 bits per heavy atom. The molecular formula is C38H50N6O9S. The van der Waals surface area contributed by atoms with Crippen molar-refractivity contribution in [3.05, 3.63) is 42.6 Å². The Morgan fingerprint density at radius 1 is 1.09 bits per heavy atom. The number of amides is 4. The normalized spacial score (nSPS) is 31.9. The number of hydrogen-bond acceptors (Lipinski definition) is 10. The summed E-state index contributed by atoms with van der Waals surface area (Å²) in [4.78, 5) is 64.2. The smallest absolute Gasteiger partial charge is 0.405 e. The predicted octanol–water partition coefficient (Wildman–Crippen LogP) is 2.94. The topological polar surface area (TPSA) is 197 Å². The number of nitrogens with zero attached hydrogens (tertiary/aromatic N) is 3. The number of allylic oxidation sites excluding steroid dienone is 1. The number of rotatable bonds is 7. The van der Waals surface area contributed by atoms with E-state index in [1.54, 1.807) is 13.1 Å². The number of sulfonamides is 1. The van der Waals surface area contributed by atoms with Gasteiger partial charge in [-0.25, -0.2) is 18.2 Å². The van der Waals surface area contributed by atoms with E-state index in [2.05, 4.69) is 31.3 Å². The van der Waals surface area contributed by atoms with Gasteiger partial charge in [-0.2, -0.15) is 0 Å². The van der Waals surface area contributed by atoms with E-state index in [-0.39, 0.29) is 30.3 Å². The molecule has 2 saturated carbocycles. The van der Waals surface area contributed by atoms with Gasteiger partial charge in [0.05, 0.1) is 24.5 Å². The van der Waals surface area contributed by atoms with E-state index in [9.17, 15) is 32.7 Å². The number of carbonyl (C=O) groups excluding carboxylic acids is 3. The number of benzene rings is 1. The Hall–Kier alpha value is -4.44. The van der Waals surface area contributed by atoms with Gasteiger partial charge < -0.3 is 35.0 Å². The van der Waals surface area contributed by atoms with Crippen LogP contribution in [0.15, 0.2) is 42.6 Å². The maximum absolute atomic E-state index is 14.9. The van der Waals surface area contributed by atoms with Crippen molar-refractivity contribution in [2.24, 2.45) is 17.8 Å². The molecule has 1 aromatic carbocycles. The highest BCUT2D eigenvalue weighted by atomic mass is 32.2. The van der Waals surface area contributed by atoms with Gasteiger partial charge in [-0.15, -0.1) is 0 Å². The summed E-state index contributed by atoms with van der Waals surface area (Å²) in [5.41, 5.74) is -1.44. The molecule has 15 nitrogen and oxygen atoms in total. The molecular weight excluding hydrogens is 717 g/mol. The minimum absolute atomic E-state index is 0.0158. The van der Waals surface area contributed by atoms with E-state index in [1.165, 1.54) is 6.92 Å². The van der Waals surface area contributed by atoms with E-state index in [0.29, 0.717) is 57.4 Å². The second kappa shape index (κ2) is 14.7. The second-order valence-corrected chi connectivity index (χ2v) is 18.2. The summed E-state index contributed by atoms with van der Waals surface area (Å²) < 4.78 is 40.2. The molecule has 2 aliphatic carbocycles. The molecule has 0 bridgehead atoms. The molecule has 4 amide bonds. The summed E-state index contributed by atoms with van der Waals surface area (Å²) in [6.07, 6.45) is 6.21. The molecule has 5 aliphatic rings. The van der Waals surface area contributed by atoms with Crippen LogP contribution < -0.4 is 25.0 Å². The van der Waals surface area contributed by atoms with Crippen LogP contribution in [0.4, 0.5) is 10.5 Å². The number of pyridine rings is 1. The lowest BCUT2D eigenvalue weighted by Gasteiger charge is -2.38. The van der Waals surface area contributed by atoms with Gasteiger partial charge in [0, 0.05) is 48.2 Å². The van der Waals surface area contributed by atoms with Gasteiger partial charge in [-0.1, -0.05) is 32.1 Å². The summed E-state index contributed by atoms with van der Waals surface area (Å²) in [5, 5.41) is 16.8. The number of carbonyl (C=O) groups is 4. The fraction of sp³-hybridized carbons (Fsp3) is 0.605. The summed E-state index contributed by atoms with van der Waals surface area (Å²) in [6, 6.07) is 5.95. The first-order valence-corrected chi connectivity index (χ1v) is 20.4. The number of aromatic nitrogens is 1. The molecule has 16 heteroatoms. The molecule has 4 heterocycles. The van der Waals surface area contributed by atoms with Crippen molar-refractivity contribution in [2.45, 2.75) is 94.2 Å². The third kappa shape index (κ3) is 7.33. The van der Waals surface area contributed by atoms with Crippen molar-refractivity contribution in [3.63, 3.8) is 0 Å². The molecule has 7 rings (SSSR count). The van der Waals surface area contributed by atoms with Crippen molar-refractivity contribution in [3.8, 4) is 5.88 Å². The van der Waals surface area contributed by atoms with Crippen LogP contribution in [0.5, 0.6) is 5.88 Å². The zero-order valence-corrected chi connectivity index (χ0v) is 31.8. The quantitative estimate of drug-likeness (QED) is 0.239. The molecule has 292 valence electrons. The molecule has 2 aromatic rings. The molecule has 3 aliphatic heterocycles. The van der Waals surface area contributed by atoms with Gasteiger partial charge >= 0.3 is 6.09 Å². The molecule has 4 N–H and O–H groups in total. The average Bonchev–Trinajstić information content (AvgIpc) is 4.04. The Labute approximate surface area is 315 Å². The van der Waals surface area contributed by atoms with Crippen molar-refractivity contribution in [2.75, 3.05) is 37.7 Å². The monoisotopic (exact) mass is 766 g/mol. The number of anilines is 1. The number of ether oxygens (including phenoxy) is 2. The minimum atomic E-state index is -4.27. The zero-order valence-electron chi connectivity index (χ0n) is 31.0. The third-order valence-electron chi connectivity index (χ3n) is 11.8. The second-order valence-electron chi connectivity index (χ2n) is 16.0. The first kappa shape index (κ1) is 37.9. The van der Waals surface area contributed by atoms with Crippen LogP contribution in [0.1, 0.15) is 65.7 Å². The summed E-state index contributed by atoms with van der Waals surface area (Å²) in [5.74, 6) is -3.02. The van der Waals surface area contributed by atoms with Crippen LogP contribution in [-0.2, 0) is 29.1 Å². The lowest BCUT2D eigenvalue weighted by molar-refractivity contribution is -0.154. The van der Waals surface area contributed by atoms with E-state index >= 15 is 0 Å². The summed E-state index contributed by atoms with van der Waals surface area (Å²) >= 11 is 0. The van der Waals surface area contributed by atoms with Gasteiger partial charge in [0.15, 0.2) is 0 Å². The average molecular weight is 767 g/mol. The van der Waals surface area contributed by atoms with Crippen LogP contribution in [0.2, 0.25) is 0 Å². The van der Waals surface area contributed by atoms with E-state index in [4.69, 9.17) is 9.47 Å². The van der Waals surface area contributed by atoms with Crippen molar-refractivity contribution in [1.82, 2.24) is 25.2 Å². The van der Waals surface area contributed by atoms with Crippen LogP contribution >= 0.6 is 0 Å². The Balaban J connectivity index is 1.30. The van der Waals surface area contributed by atoms with Gasteiger partial charge in [0.25, 0.3) is 11.8 Å². The number of morpholine rings is 1. The zero-order chi connectivity index (χ0) is 38.4. The van der Waals surface area contributed by atoms with Crippen LogP contribution in [0.3, 0.4) is 0 Å². The lowest BCUT2D eigenvalue weighted by atomic mass is 9.86. The summed E-state index contributed by atoms with van der Waals surface area (Å²) in [7, 11) is -4.27. The highest BCUT2D eigenvalue weighted by Crippen LogP contribution is 2.44. The molecule has 0 spiro atoms. The Morgan fingerprint density at radius 3 is 2.57 bits per heavy atom. The van der Waals surface area contributed by atoms with Crippen molar-refractivity contribution in [1.29, 1.82) is 0 Å². The number of hydrogen-bond donors (Lipinski definition) is 4. The first-order chi connectivity index (χ1) is 25.7. The van der Waals surface area contributed by atoms with E-state index in [0.717, 1.165) is 28.8 Å². The number of fused-ring (bicyclic) bond motifs is 3. The fourth-order valence-corrected chi connectivity index (χ4v) is 9.49. The maximum Gasteiger partial charge on any atom is 0.405 e. The first-order valence-electron chi connectivity index (χ1n) is 18.9. The number of carboxylic acid groups (broad SMARTS) is 1. The van der Waals surface area contributed by atoms with Gasteiger partial charge in [-0.3, -0.25) is 19.1 Å². The summed E-state index contributed by atoms with van der Waals surface area (Å²) in [6.45, 7) is 7.59. The Bertz CT molecular complexity index is 1950. The van der Waals surface area contributed by atoms with Gasteiger partial charge in [0.1, 0.15) is 12.1 Å². The fourth-order valence-electron chi connectivity index (χ4n) is 8.19. The lowest BCUT2D eigenvalue weighted by Crippen LogP contribution is -2.69. The van der Waals surface area contributed by atoms with Gasteiger partial charge in [-0.05, 0) is 81.4 Å².